The molecule has 47 heavy (non-hydrogen) atoms. The van der Waals surface area contributed by atoms with Crippen molar-refractivity contribution in [2.24, 2.45) is 0 Å². The monoisotopic (exact) mass is 660 g/mol. The number of hydrogen-bond donors (Lipinski definition) is 3. The molecule has 0 radical (unpaired) electrons. The topological polar surface area (TPSA) is 69.6 Å². The van der Waals surface area contributed by atoms with Gasteiger partial charge in [-0.15, -0.1) is 0 Å². The van der Waals surface area contributed by atoms with Gasteiger partial charge in [-0.2, -0.15) is 0 Å². The van der Waals surface area contributed by atoms with Crippen molar-refractivity contribution in [3.8, 4) is 0 Å². The predicted molar refractivity (Wildman–Crippen MR) is 207 cm³/mol. The number of carbonyl (C=O) groups excluding carboxylic acids is 1. The molecule has 0 aromatic rings. The fourth-order valence-corrected chi connectivity index (χ4v) is 6.15. The molecule has 0 aromatic carbocycles. The summed E-state index contributed by atoms with van der Waals surface area (Å²) in [6, 6.07) is -0.641. The lowest BCUT2D eigenvalue weighted by Crippen LogP contribution is -2.45. The molecule has 4 nitrogen and oxygen atoms in total. The summed E-state index contributed by atoms with van der Waals surface area (Å²) in [4.78, 5) is 12.3. The fourth-order valence-electron chi connectivity index (χ4n) is 6.15. The standard InChI is InChI=1S/C43H81NO3/c1-3-5-7-9-11-13-15-17-19-21-23-24-26-28-30-32-34-36-38-42(46)41(40-45)44-43(47)39-37-35-33-31-29-27-25-22-20-18-16-14-12-10-8-6-4-2/h21,23,28,30,36,38,41-42,45-46H,3-20,22,24-27,29,31-35,37,39-40H2,1-2H3,(H,44,47)/b23-21+,30-28+,38-36+. The van der Waals surface area contributed by atoms with Gasteiger partial charge in [-0.1, -0.05) is 198 Å². The normalized spacial score (nSPS) is 13.4. The summed E-state index contributed by atoms with van der Waals surface area (Å²) in [5.74, 6) is -0.0766. The molecule has 2 unspecified atom stereocenters. The van der Waals surface area contributed by atoms with Gasteiger partial charge in [0.15, 0.2) is 0 Å². The van der Waals surface area contributed by atoms with Gasteiger partial charge in [0, 0.05) is 6.42 Å². The fraction of sp³-hybridized carbons (Fsp3) is 0.837. The van der Waals surface area contributed by atoms with Crippen molar-refractivity contribution in [2.45, 2.75) is 225 Å². The van der Waals surface area contributed by atoms with E-state index in [-0.39, 0.29) is 12.5 Å². The molecule has 3 N–H and O–H groups in total. The third kappa shape index (κ3) is 35.7. The van der Waals surface area contributed by atoms with E-state index in [0.29, 0.717) is 6.42 Å². The minimum absolute atomic E-state index is 0.0766. The lowest BCUT2D eigenvalue weighted by Gasteiger charge is -2.19. The Morgan fingerprint density at radius 1 is 0.489 bits per heavy atom. The first-order valence-electron chi connectivity index (χ1n) is 20.7. The first-order chi connectivity index (χ1) is 23.2. The number of aliphatic hydroxyl groups is 2. The molecule has 0 rings (SSSR count). The van der Waals surface area contributed by atoms with E-state index >= 15 is 0 Å². The van der Waals surface area contributed by atoms with Crippen LogP contribution in [-0.4, -0.2) is 34.9 Å². The second-order valence-electron chi connectivity index (χ2n) is 14.0. The molecule has 2 atom stereocenters. The van der Waals surface area contributed by atoms with Gasteiger partial charge < -0.3 is 15.5 Å². The van der Waals surface area contributed by atoms with Gasteiger partial charge in [0.25, 0.3) is 0 Å². The SMILES string of the molecule is CCCCCCCCCC/C=C/CC/C=C/CC/C=C/C(O)C(CO)NC(=O)CCCCCCCCCCCCCCCCCCC. The minimum Gasteiger partial charge on any atom is -0.394 e. The number of hydrogen-bond acceptors (Lipinski definition) is 3. The zero-order valence-corrected chi connectivity index (χ0v) is 31.5. The molecule has 0 aliphatic carbocycles. The van der Waals surface area contributed by atoms with Gasteiger partial charge in [-0.3, -0.25) is 4.79 Å². The Balaban J connectivity index is 3.65. The van der Waals surface area contributed by atoms with Crippen LogP contribution in [0.4, 0.5) is 0 Å². The Hall–Kier alpha value is -1.39. The number of allylic oxidation sites excluding steroid dienone is 5. The largest absolute Gasteiger partial charge is 0.394 e. The second kappa shape index (κ2) is 39.1. The Morgan fingerprint density at radius 2 is 0.830 bits per heavy atom. The van der Waals surface area contributed by atoms with Crippen LogP contribution in [0.2, 0.25) is 0 Å². The zero-order chi connectivity index (χ0) is 34.3. The quantitative estimate of drug-likeness (QED) is 0.0459. The maximum absolute atomic E-state index is 12.3. The van der Waals surface area contributed by atoms with Crippen LogP contribution in [0.1, 0.15) is 213 Å². The van der Waals surface area contributed by atoms with Gasteiger partial charge >= 0.3 is 0 Å². The van der Waals surface area contributed by atoms with E-state index in [4.69, 9.17) is 0 Å². The predicted octanol–water partition coefficient (Wildman–Crippen LogP) is 12.6. The lowest BCUT2D eigenvalue weighted by molar-refractivity contribution is -0.123. The summed E-state index contributed by atoms with van der Waals surface area (Å²) in [6.45, 7) is 4.29. The van der Waals surface area contributed by atoms with Crippen LogP contribution in [-0.2, 0) is 4.79 Å². The molecule has 0 spiro atoms. The van der Waals surface area contributed by atoms with Crippen molar-refractivity contribution in [2.75, 3.05) is 6.61 Å². The number of aliphatic hydroxyl groups excluding tert-OH is 2. The Morgan fingerprint density at radius 3 is 1.23 bits per heavy atom. The molecular formula is C43H81NO3. The van der Waals surface area contributed by atoms with Crippen LogP contribution in [0.25, 0.3) is 0 Å². The average molecular weight is 660 g/mol. The van der Waals surface area contributed by atoms with Crippen LogP contribution >= 0.6 is 0 Å². The van der Waals surface area contributed by atoms with Crippen LogP contribution in [0.15, 0.2) is 36.5 Å². The maximum Gasteiger partial charge on any atom is 0.220 e. The van der Waals surface area contributed by atoms with Gasteiger partial charge in [-0.25, -0.2) is 0 Å². The van der Waals surface area contributed by atoms with Crippen molar-refractivity contribution < 1.29 is 15.0 Å². The number of carbonyl (C=O) groups is 1. The molecule has 0 aliphatic heterocycles. The summed E-state index contributed by atoms with van der Waals surface area (Å²) in [5, 5.41) is 22.9. The molecule has 0 saturated heterocycles. The van der Waals surface area contributed by atoms with Gasteiger partial charge in [0.1, 0.15) is 0 Å². The molecule has 1 amide bonds. The highest BCUT2D eigenvalue weighted by Crippen LogP contribution is 2.15. The minimum atomic E-state index is -0.866. The first-order valence-corrected chi connectivity index (χ1v) is 20.7. The van der Waals surface area contributed by atoms with Crippen LogP contribution in [0.3, 0.4) is 0 Å². The van der Waals surface area contributed by atoms with Crippen LogP contribution in [0, 0.1) is 0 Å². The van der Waals surface area contributed by atoms with Gasteiger partial charge in [0.05, 0.1) is 18.8 Å². The molecule has 0 fully saturated rings. The lowest BCUT2D eigenvalue weighted by atomic mass is 10.0. The second-order valence-corrected chi connectivity index (χ2v) is 14.0. The molecule has 276 valence electrons. The van der Waals surface area contributed by atoms with Gasteiger partial charge in [-0.05, 0) is 44.9 Å². The van der Waals surface area contributed by atoms with Crippen LogP contribution in [0.5, 0.6) is 0 Å². The van der Waals surface area contributed by atoms with E-state index < -0.39 is 12.1 Å². The molecule has 0 aliphatic rings. The summed E-state index contributed by atoms with van der Waals surface area (Å²) < 4.78 is 0. The molecule has 0 heterocycles. The van der Waals surface area contributed by atoms with E-state index in [0.717, 1.165) is 38.5 Å². The van der Waals surface area contributed by atoms with E-state index in [9.17, 15) is 15.0 Å². The van der Waals surface area contributed by atoms with Crippen molar-refractivity contribution in [3.05, 3.63) is 36.5 Å². The maximum atomic E-state index is 12.3. The molecule has 0 saturated carbocycles. The summed E-state index contributed by atoms with van der Waals surface area (Å²) in [6.07, 6.45) is 51.0. The van der Waals surface area contributed by atoms with Gasteiger partial charge in [0.2, 0.25) is 5.91 Å². The highest BCUT2D eigenvalue weighted by atomic mass is 16.3. The van der Waals surface area contributed by atoms with Crippen molar-refractivity contribution in [3.63, 3.8) is 0 Å². The van der Waals surface area contributed by atoms with Crippen molar-refractivity contribution in [1.82, 2.24) is 5.32 Å². The zero-order valence-electron chi connectivity index (χ0n) is 31.5. The summed E-state index contributed by atoms with van der Waals surface area (Å²) >= 11 is 0. The average Bonchev–Trinajstić information content (AvgIpc) is 3.07. The number of unbranched alkanes of at least 4 members (excludes halogenated alkanes) is 26. The highest BCUT2D eigenvalue weighted by molar-refractivity contribution is 5.76. The van der Waals surface area contributed by atoms with Crippen molar-refractivity contribution >= 4 is 5.91 Å². The van der Waals surface area contributed by atoms with E-state index in [2.05, 4.69) is 43.5 Å². The third-order valence-electron chi connectivity index (χ3n) is 9.35. The third-order valence-corrected chi connectivity index (χ3v) is 9.35. The number of amides is 1. The van der Waals surface area contributed by atoms with Crippen molar-refractivity contribution in [1.29, 1.82) is 0 Å². The van der Waals surface area contributed by atoms with E-state index in [1.165, 1.54) is 154 Å². The Labute approximate surface area is 293 Å². The smallest absolute Gasteiger partial charge is 0.220 e. The summed E-state index contributed by atoms with van der Waals surface area (Å²) in [7, 11) is 0. The van der Waals surface area contributed by atoms with E-state index in [1.54, 1.807) is 6.08 Å². The highest BCUT2D eigenvalue weighted by Gasteiger charge is 2.17. The van der Waals surface area contributed by atoms with E-state index in [1.807, 2.05) is 6.08 Å². The molecular weight excluding hydrogens is 578 g/mol. The first kappa shape index (κ1) is 45.6. The Kier molecular flexibility index (Phi) is 37.9. The molecule has 0 aromatic heterocycles. The number of rotatable bonds is 37. The Bertz CT molecular complexity index is 716. The number of nitrogens with one attached hydrogen (secondary N) is 1. The molecule has 0 bridgehead atoms. The summed E-state index contributed by atoms with van der Waals surface area (Å²) in [5.41, 5.74) is 0. The van der Waals surface area contributed by atoms with Crippen LogP contribution < -0.4 is 5.32 Å². The molecule has 4 heteroatoms.